The summed E-state index contributed by atoms with van der Waals surface area (Å²) in [7, 11) is 1.68. The lowest BCUT2D eigenvalue weighted by Gasteiger charge is -2.36. The molecule has 0 amide bonds. The van der Waals surface area contributed by atoms with Crippen molar-refractivity contribution in [2.45, 2.75) is 13.0 Å². The molecule has 1 N–H and O–H groups in total. The van der Waals surface area contributed by atoms with Crippen molar-refractivity contribution in [1.29, 1.82) is 0 Å². The Hall–Kier alpha value is -1.56. The first-order chi connectivity index (χ1) is 12.2. The predicted octanol–water partition coefficient (Wildman–Crippen LogP) is 3.85. The molecule has 0 spiro atoms. The van der Waals surface area contributed by atoms with E-state index < -0.39 is 0 Å². The molecular weight excluding hydrogens is 380 g/mol. The summed E-state index contributed by atoms with van der Waals surface area (Å²) in [5, 5.41) is 3.44. The molecule has 0 aliphatic carbocycles. The molecule has 25 heavy (non-hydrogen) atoms. The van der Waals surface area contributed by atoms with Gasteiger partial charge in [0.05, 0.1) is 19.8 Å². The Kier molecular flexibility index (Phi) is 6.34. The lowest BCUT2D eigenvalue weighted by atomic mass is 9.96. The van der Waals surface area contributed by atoms with Gasteiger partial charge in [-0.25, -0.2) is 0 Å². The van der Waals surface area contributed by atoms with E-state index >= 15 is 0 Å². The average Bonchev–Trinajstić information content (AvgIpc) is 2.63. The molecule has 3 rings (SSSR count). The number of nitrogens with zero attached hydrogens (tertiary/aromatic N) is 1. The van der Waals surface area contributed by atoms with Crippen LogP contribution in [0.15, 0.2) is 46.9 Å². The van der Waals surface area contributed by atoms with Crippen LogP contribution in [0.1, 0.15) is 24.1 Å². The normalized spacial score (nSPS) is 16.4. The van der Waals surface area contributed by atoms with E-state index in [4.69, 9.17) is 9.47 Å². The minimum atomic E-state index is 0.199. The second-order valence-electron chi connectivity index (χ2n) is 6.09. The zero-order chi connectivity index (χ0) is 17.6. The summed E-state index contributed by atoms with van der Waals surface area (Å²) in [6.45, 7) is 6.68. The first kappa shape index (κ1) is 18.2. The van der Waals surface area contributed by atoms with Crippen LogP contribution in [-0.4, -0.2) is 44.8 Å². The van der Waals surface area contributed by atoms with Crippen molar-refractivity contribution in [2.24, 2.45) is 0 Å². The molecule has 1 fully saturated rings. The lowest BCUT2D eigenvalue weighted by Crippen LogP contribution is -2.45. The maximum Gasteiger partial charge on any atom is 0.161 e. The van der Waals surface area contributed by atoms with Gasteiger partial charge in [-0.2, -0.15) is 0 Å². The standard InChI is InChI=1S/C20H25BrN2O2/c1-3-25-19-14-16(7-8-18(19)24-2)20(23-11-9-22-10-12-23)15-5-4-6-17(21)13-15/h4-8,13-14,20,22H,3,9-12H2,1-2H3. The van der Waals surface area contributed by atoms with Crippen LogP contribution in [0.5, 0.6) is 11.5 Å². The maximum atomic E-state index is 5.80. The highest BCUT2D eigenvalue weighted by Crippen LogP contribution is 2.36. The number of benzene rings is 2. The van der Waals surface area contributed by atoms with Crippen LogP contribution in [0.3, 0.4) is 0 Å². The molecule has 1 unspecified atom stereocenters. The van der Waals surface area contributed by atoms with E-state index in [2.05, 4.69) is 62.5 Å². The number of hydrogen-bond acceptors (Lipinski definition) is 4. The zero-order valence-electron chi connectivity index (χ0n) is 14.8. The third kappa shape index (κ3) is 4.35. The van der Waals surface area contributed by atoms with Crippen molar-refractivity contribution < 1.29 is 9.47 Å². The quantitative estimate of drug-likeness (QED) is 0.792. The second-order valence-corrected chi connectivity index (χ2v) is 7.00. The first-order valence-corrected chi connectivity index (χ1v) is 9.53. The van der Waals surface area contributed by atoms with E-state index in [0.29, 0.717) is 6.61 Å². The van der Waals surface area contributed by atoms with Gasteiger partial charge < -0.3 is 14.8 Å². The molecule has 0 bridgehead atoms. The highest BCUT2D eigenvalue weighted by atomic mass is 79.9. The lowest BCUT2D eigenvalue weighted by molar-refractivity contribution is 0.198. The largest absolute Gasteiger partial charge is 0.493 e. The van der Waals surface area contributed by atoms with E-state index in [9.17, 15) is 0 Å². The van der Waals surface area contributed by atoms with E-state index in [1.165, 1.54) is 11.1 Å². The van der Waals surface area contributed by atoms with Crippen LogP contribution >= 0.6 is 15.9 Å². The summed E-state index contributed by atoms with van der Waals surface area (Å²) in [6, 6.07) is 15.0. The SMILES string of the molecule is CCOc1cc(C(c2cccc(Br)c2)N2CCNCC2)ccc1OC. The van der Waals surface area contributed by atoms with Crippen molar-refractivity contribution in [3.8, 4) is 11.5 Å². The summed E-state index contributed by atoms with van der Waals surface area (Å²) >= 11 is 3.61. The summed E-state index contributed by atoms with van der Waals surface area (Å²) < 4.78 is 12.3. The molecule has 1 saturated heterocycles. The highest BCUT2D eigenvalue weighted by Gasteiger charge is 2.25. The topological polar surface area (TPSA) is 33.7 Å². The van der Waals surface area contributed by atoms with Crippen molar-refractivity contribution in [1.82, 2.24) is 10.2 Å². The number of halogens is 1. The van der Waals surface area contributed by atoms with Gasteiger partial charge in [-0.1, -0.05) is 34.1 Å². The molecule has 0 radical (unpaired) electrons. The van der Waals surface area contributed by atoms with Crippen molar-refractivity contribution in [2.75, 3.05) is 39.9 Å². The fourth-order valence-corrected chi connectivity index (χ4v) is 3.78. The van der Waals surface area contributed by atoms with Gasteiger partial charge in [0.25, 0.3) is 0 Å². The van der Waals surface area contributed by atoms with Gasteiger partial charge >= 0.3 is 0 Å². The van der Waals surface area contributed by atoms with Gasteiger partial charge in [0.15, 0.2) is 11.5 Å². The van der Waals surface area contributed by atoms with Crippen LogP contribution in [0.25, 0.3) is 0 Å². The third-order valence-corrected chi connectivity index (χ3v) is 4.98. The van der Waals surface area contributed by atoms with Crippen LogP contribution in [0.2, 0.25) is 0 Å². The Bertz CT molecular complexity index is 702. The molecule has 2 aromatic rings. The summed E-state index contributed by atoms with van der Waals surface area (Å²) in [5.74, 6) is 1.58. The summed E-state index contributed by atoms with van der Waals surface area (Å²) in [5.41, 5.74) is 2.51. The van der Waals surface area contributed by atoms with Gasteiger partial charge in [0.1, 0.15) is 0 Å². The van der Waals surface area contributed by atoms with E-state index in [-0.39, 0.29) is 6.04 Å². The molecule has 134 valence electrons. The third-order valence-electron chi connectivity index (χ3n) is 4.48. The Morgan fingerprint density at radius 3 is 2.52 bits per heavy atom. The van der Waals surface area contributed by atoms with Crippen LogP contribution in [0, 0.1) is 0 Å². The molecule has 1 heterocycles. The van der Waals surface area contributed by atoms with Crippen LogP contribution in [0.4, 0.5) is 0 Å². The van der Waals surface area contributed by atoms with Crippen molar-refractivity contribution in [3.05, 3.63) is 58.1 Å². The van der Waals surface area contributed by atoms with E-state index in [1.54, 1.807) is 7.11 Å². The van der Waals surface area contributed by atoms with Gasteiger partial charge in [0.2, 0.25) is 0 Å². The molecular formula is C20H25BrN2O2. The smallest absolute Gasteiger partial charge is 0.161 e. The molecule has 4 nitrogen and oxygen atoms in total. The second kappa shape index (κ2) is 8.70. The van der Waals surface area contributed by atoms with Crippen molar-refractivity contribution >= 4 is 15.9 Å². The number of rotatable bonds is 6. The Morgan fingerprint density at radius 1 is 1.08 bits per heavy atom. The monoisotopic (exact) mass is 404 g/mol. The van der Waals surface area contributed by atoms with Gasteiger partial charge in [0, 0.05) is 30.7 Å². The first-order valence-electron chi connectivity index (χ1n) is 8.74. The zero-order valence-corrected chi connectivity index (χ0v) is 16.4. The number of piperazine rings is 1. The Labute approximate surface area is 158 Å². The molecule has 1 aliphatic rings. The maximum absolute atomic E-state index is 5.80. The molecule has 1 aliphatic heterocycles. The number of methoxy groups -OCH3 is 1. The van der Waals surface area contributed by atoms with Gasteiger partial charge in [-0.15, -0.1) is 0 Å². The Morgan fingerprint density at radius 2 is 1.84 bits per heavy atom. The minimum Gasteiger partial charge on any atom is -0.493 e. The molecule has 0 saturated carbocycles. The Balaban J connectivity index is 2.03. The number of nitrogens with one attached hydrogen (secondary N) is 1. The highest BCUT2D eigenvalue weighted by molar-refractivity contribution is 9.10. The number of ether oxygens (including phenoxy) is 2. The van der Waals surface area contributed by atoms with Gasteiger partial charge in [-0.05, 0) is 42.3 Å². The summed E-state index contributed by atoms with van der Waals surface area (Å²) in [4.78, 5) is 2.52. The predicted molar refractivity (Wildman–Crippen MR) is 105 cm³/mol. The molecule has 1 atom stereocenters. The summed E-state index contributed by atoms with van der Waals surface area (Å²) in [6.07, 6.45) is 0. The van der Waals surface area contributed by atoms with Crippen LogP contribution < -0.4 is 14.8 Å². The van der Waals surface area contributed by atoms with Crippen LogP contribution in [-0.2, 0) is 0 Å². The average molecular weight is 405 g/mol. The molecule has 5 heteroatoms. The van der Waals surface area contributed by atoms with Gasteiger partial charge in [-0.3, -0.25) is 4.90 Å². The number of hydrogen-bond donors (Lipinski definition) is 1. The molecule has 2 aromatic carbocycles. The molecule has 0 aromatic heterocycles. The van der Waals surface area contributed by atoms with Crippen molar-refractivity contribution in [3.63, 3.8) is 0 Å². The fraction of sp³-hybridized carbons (Fsp3) is 0.400. The fourth-order valence-electron chi connectivity index (χ4n) is 3.36. The van der Waals surface area contributed by atoms with E-state index in [1.807, 2.05) is 13.0 Å². The van der Waals surface area contributed by atoms with E-state index in [0.717, 1.165) is 42.2 Å². The minimum absolute atomic E-state index is 0.199.